The van der Waals surface area contributed by atoms with Crippen LogP contribution in [0.15, 0.2) is 0 Å². The van der Waals surface area contributed by atoms with Crippen LogP contribution in [0.25, 0.3) is 0 Å². The summed E-state index contributed by atoms with van der Waals surface area (Å²) in [5.74, 6) is 6.01. The van der Waals surface area contributed by atoms with Crippen molar-refractivity contribution in [2.45, 2.75) is 58.4 Å². The minimum absolute atomic E-state index is 0.791. The predicted octanol–water partition coefficient (Wildman–Crippen LogP) is 3.02. The van der Waals surface area contributed by atoms with Crippen LogP contribution in [0.2, 0.25) is 0 Å². The largest absolute Gasteiger partial charge is 0.330 e. The van der Waals surface area contributed by atoms with Crippen molar-refractivity contribution in [2.24, 2.45) is 41.2 Å². The molecule has 5 unspecified atom stereocenters. The molecule has 0 saturated heterocycles. The number of nitrogens with two attached hydrogens (primary N) is 1. The Kier molecular flexibility index (Phi) is 4.19. The average Bonchev–Trinajstić information content (AvgIpc) is 2.79. The third-order valence-corrected chi connectivity index (χ3v) is 6.35. The predicted molar refractivity (Wildman–Crippen MR) is 80.8 cm³/mol. The third-order valence-electron chi connectivity index (χ3n) is 6.35. The zero-order valence-corrected chi connectivity index (χ0v) is 12.8. The fourth-order valence-corrected chi connectivity index (χ4v) is 5.26. The van der Waals surface area contributed by atoms with E-state index in [4.69, 9.17) is 5.73 Å². The summed E-state index contributed by atoms with van der Waals surface area (Å²) in [6.45, 7) is 6.78. The second-order valence-electron chi connectivity index (χ2n) is 7.69. The molecule has 3 fully saturated rings. The molecule has 110 valence electrons. The molecule has 3 rings (SSSR count). The number of fused-ring (bicyclic) bond motifs is 5. The van der Waals surface area contributed by atoms with Gasteiger partial charge in [0.05, 0.1) is 0 Å². The van der Waals surface area contributed by atoms with Gasteiger partial charge >= 0.3 is 0 Å². The van der Waals surface area contributed by atoms with Crippen LogP contribution < -0.4 is 11.1 Å². The fraction of sp³-hybridized carbons (Fsp3) is 1.00. The van der Waals surface area contributed by atoms with Crippen LogP contribution in [-0.4, -0.2) is 19.1 Å². The van der Waals surface area contributed by atoms with Gasteiger partial charge in [-0.25, -0.2) is 0 Å². The van der Waals surface area contributed by atoms with E-state index in [1.807, 2.05) is 0 Å². The summed E-state index contributed by atoms with van der Waals surface area (Å²) in [5.41, 5.74) is 5.71. The molecule has 3 saturated carbocycles. The molecule has 3 aliphatic carbocycles. The summed E-state index contributed by atoms with van der Waals surface area (Å²) in [7, 11) is 0. The molecule has 2 bridgehead atoms. The van der Waals surface area contributed by atoms with E-state index < -0.39 is 0 Å². The standard InChI is InChI=1S/C17H32N2/c1-11(2)12(7-8-18)4-3-9-19-17-15-13-5-6-14(10-13)16(15)17/h11-17,19H,3-10,18H2,1-2H3. The van der Waals surface area contributed by atoms with Crippen LogP contribution >= 0.6 is 0 Å². The van der Waals surface area contributed by atoms with Crippen molar-refractivity contribution in [2.75, 3.05) is 13.1 Å². The molecule has 0 aromatic carbocycles. The summed E-state index contributed by atoms with van der Waals surface area (Å²) in [5, 5.41) is 3.86. The molecule has 0 heterocycles. The maximum atomic E-state index is 5.71. The molecule has 0 aromatic rings. The normalized spacial score (nSPS) is 40.7. The average molecular weight is 264 g/mol. The van der Waals surface area contributed by atoms with Crippen LogP contribution in [0, 0.1) is 35.5 Å². The highest BCUT2D eigenvalue weighted by atomic mass is 15.0. The van der Waals surface area contributed by atoms with Gasteiger partial charge in [-0.3, -0.25) is 0 Å². The van der Waals surface area contributed by atoms with E-state index in [-0.39, 0.29) is 0 Å². The lowest BCUT2D eigenvalue weighted by Crippen LogP contribution is -2.25. The number of hydrogen-bond acceptors (Lipinski definition) is 2. The van der Waals surface area contributed by atoms with Crippen LogP contribution in [0.3, 0.4) is 0 Å². The van der Waals surface area contributed by atoms with E-state index >= 15 is 0 Å². The van der Waals surface area contributed by atoms with Gasteiger partial charge in [-0.05, 0) is 87.1 Å². The Morgan fingerprint density at radius 2 is 1.79 bits per heavy atom. The van der Waals surface area contributed by atoms with Gasteiger partial charge in [0, 0.05) is 6.04 Å². The van der Waals surface area contributed by atoms with Crippen LogP contribution in [-0.2, 0) is 0 Å². The van der Waals surface area contributed by atoms with Gasteiger partial charge in [0.1, 0.15) is 0 Å². The van der Waals surface area contributed by atoms with Crippen molar-refractivity contribution in [3.05, 3.63) is 0 Å². The van der Waals surface area contributed by atoms with Gasteiger partial charge in [0.15, 0.2) is 0 Å². The first-order chi connectivity index (χ1) is 9.22. The summed E-state index contributed by atoms with van der Waals surface area (Å²) >= 11 is 0. The zero-order chi connectivity index (χ0) is 13.4. The lowest BCUT2D eigenvalue weighted by molar-refractivity contribution is 0.328. The first kappa shape index (κ1) is 13.9. The number of hydrogen-bond donors (Lipinski definition) is 2. The molecular weight excluding hydrogens is 232 g/mol. The second-order valence-corrected chi connectivity index (χ2v) is 7.69. The minimum Gasteiger partial charge on any atom is -0.330 e. The van der Waals surface area contributed by atoms with Gasteiger partial charge in [0.25, 0.3) is 0 Å². The highest BCUT2D eigenvalue weighted by Crippen LogP contribution is 2.65. The van der Waals surface area contributed by atoms with Crippen LogP contribution in [0.4, 0.5) is 0 Å². The third kappa shape index (κ3) is 2.71. The van der Waals surface area contributed by atoms with Gasteiger partial charge < -0.3 is 11.1 Å². The first-order valence-electron chi connectivity index (χ1n) is 8.65. The summed E-state index contributed by atoms with van der Waals surface area (Å²) in [6.07, 6.45) is 8.55. The van der Waals surface area contributed by atoms with Crippen molar-refractivity contribution < 1.29 is 0 Å². The molecular formula is C17H32N2. The van der Waals surface area contributed by atoms with Gasteiger partial charge in [-0.1, -0.05) is 13.8 Å². The molecule has 0 spiro atoms. The SMILES string of the molecule is CC(C)C(CCN)CCCNC1C2C3CCC(C3)C12. The highest BCUT2D eigenvalue weighted by Gasteiger charge is 2.64. The Hall–Kier alpha value is -0.0800. The molecule has 0 amide bonds. The first-order valence-corrected chi connectivity index (χ1v) is 8.65. The van der Waals surface area contributed by atoms with Crippen molar-refractivity contribution in [3.63, 3.8) is 0 Å². The quantitative estimate of drug-likeness (QED) is 0.661. The van der Waals surface area contributed by atoms with E-state index in [1.165, 1.54) is 38.6 Å². The lowest BCUT2D eigenvalue weighted by atomic mass is 9.88. The molecule has 0 radical (unpaired) electrons. The van der Waals surface area contributed by atoms with Gasteiger partial charge in [-0.15, -0.1) is 0 Å². The maximum Gasteiger partial charge on any atom is 0.0135 e. The zero-order valence-electron chi connectivity index (χ0n) is 12.8. The molecule has 19 heavy (non-hydrogen) atoms. The Bertz CT molecular complexity index is 286. The highest BCUT2D eigenvalue weighted by molar-refractivity contribution is 5.16. The van der Waals surface area contributed by atoms with Crippen LogP contribution in [0.1, 0.15) is 52.4 Å². The molecule has 3 N–H and O–H groups in total. The monoisotopic (exact) mass is 264 g/mol. The van der Waals surface area contributed by atoms with E-state index in [0.29, 0.717) is 0 Å². The molecule has 0 aromatic heterocycles. The van der Waals surface area contributed by atoms with Gasteiger partial charge in [0.2, 0.25) is 0 Å². The van der Waals surface area contributed by atoms with Crippen molar-refractivity contribution >= 4 is 0 Å². The Morgan fingerprint density at radius 1 is 1.11 bits per heavy atom. The number of rotatable bonds is 8. The van der Waals surface area contributed by atoms with Crippen LogP contribution in [0.5, 0.6) is 0 Å². The van der Waals surface area contributed by atoms with E-state index in [2.05, 4.69) is 19.2 Å². The molecule has 2 heteroatoms. The molecule has 0 aliphatic heterocycles. The van der Waals surface area contributed by atoms with Gasteiger partial charge in [-0.2, -0.15) is 0 Å². The Morgan fingerprint density at radius 3 is 2.37 bits per heavy atom. The molecule has 2 nitrogen and oxygen atoms in total. The van der Waals surface area contributed by atoms with E-state index in [0.717, 1.165) is 48.1 Å². The number of nitrogens with one attached hydrogen (secondary N) is 1. The summed E-state index contributed by atoms with van der Waals surface area (Å²) in [6, 6.07) is 0.915. The Labute approximate surface area is 118 Å². The van der Waals surface area contributed by atoms with E-state index in [1.54, 1.807) is 6.42 Å². The van der Waals surface area contributed by atoms with Crippen molar-refractivity contribution in [1.29, 1.82) is 0 Å². The fourth-order valence-electron chi connectivity index (χ4n) is 5.26. The summed E-state index contributed by atoms with van der Waals surface area (Å²) < 4.78 is 0. The lowest BCUT2D eigenvalue weighted by Gasteiger charge is -2.20. The van der Waals surface area contributed by atoms with Crippen molar-refractivity contribution in [3.8, 4) is 0 Å². The summed E-state index contributed by atoms with van der Waals surface area (Å²) in [4.78, 5) is 0. The topological polar surface area (TPSA) is 38.0 Å². The Balaban J connectivity index is 1.32. The van der Waals surface area contributed by atoms with E-state index in [9.17, 15) is 0 Å². The maximum absolute atomic E-state index is 5.71. The smallest absolute Gasteiger partial charge is 0.0135 e. The second kappa shape index (κ2) is 5.73. The van der Waals surface area contributed by atoms with Crippen molar-refractivity contribution in [1.82, 2.24) is 5.32 Å². The molecule has 3 aliphatic rings. The minimum atomic E-state index is 0.791. The molecule has 5 atom stereocenters.